The molecule has 234 valence electrons. The van der Waals surface area contributed by atoms with Gasteiger partial charge in [0.15, 0.2) is 0 Å². The summed E-state index contributed by atoms with van der Waals surface area (Å²) in [6.07, 6.45) is 14.9. The van der Waals surface area contributed by atoms with E-state index in [2.05, 4.69) is 176 Å². The summed E-state index contributed by atoms with van der Waals surface area (Å²) in [4.78, 5) is 2.50. The van der Waals surface area contributed by atoms with E-state index in [1.165, 1.54) is 78.3 Å². The maximum atomic E-state index is 3.93. The molecule has 0 radical (unpaired) electrons. The predicted octanol–water partition coefficient (Wildman–Crippen LogP) is 12.5. The van der Waals surface area contributed by atoms with Crippen molar-refractivity contribution in [3.05, 3.63) is 180 Å². The van der Waals surface area contributed by atoms with E-state index < -0.39 is 0 Å². The van der Waals surface area contributed by atoms with E-state index in [9.17, 15) is 0 Å². The first-order chi connectivity index (χ1) is 23.5. The molecule has 1 aromatic heterocycles. The van der Waals surface area contributed by atoms with Crippen LogP contribution in [0.2, 0.25) is 0 Å². The summed E-state index contributed by atoms with van der Waals surface area (Å²) in [7, 11) is 0. The Bertz CT molecular complexity index is 2270. The fraction of sp³-hybridized carbons (Fsp3) is 0.130. The first-order valence-electron chi connectivity index (χ1n) is 17.0. The predicted molar refractivity (Wildman–Crippen MR) is 205 cm³/mol. The Morgan fingerprint density at radius 2 is 1.54 bits per heavy atom. The smallest absolute Gasteiger partial charge is 0.0538 e. The number of aromatic nitrogens is 1. The van der Waals surface area contributed by atoms with Crippen molar-refractivity contribution in [2.24, 2.45) is 0 Å². The van der Waals surface area contributed by atoms with Gasteiger partial charge in [-0.05, 0) is 102 Å². The molecule has 0 amide bonds. The molecule has 2 aliphatic carbocycles. The van der Waals surface area contributed by atoms with Crippen molar-refractivity contribution in [2.45, 2.75) is 39.0 Å². The van der Waals surface area contributed by atoms with Crippen molar-refractivity contribution < 1.29 is 0 Å². The lowest BCUT2D eigenvalue weighted by molar-refractivity contribution is 0.659. The lowest BCUT2D eigenvalue weighted by Crippen LogP contribution is -2.23. The highest BCUT2D eigenvalue weighted by molar-refractivity contribution is 5.96. The van der Waals surface area contributed by atoms with Crippen LogP contribution in [0.5, 0.6) is 0 Å². The Labute approximate surface area is 284 Å². The van der Waals surface area contributed by atoms with Gasteiger partial charge >= 0.3 is 0 Å². The van der Waals surface area contributed by atoms with Crippen LogP contribution in [0.1, 0.15) is 49.1 Å². The molecule has 2 aliphatic rings. The van der Waals surface area contributed by atoms with Crippen molar-refractivity contribution in [1.82, 2.24) is 4.57 Å². The lowest BCUT2D eigenvalue weighted by Gasteiger charge is -2.34. The molecule has 0 saturated heterocycles. The van der Waals surface area contributed by atoms with E-state index in [1.807, 2.05) is 12.2 Å². The maximum Gasteiger partial charge on any atom is 0.0538 e. The second kappa shape index (κ2) is 11.9. The Hall–Kier alpha value is -5.60. The van der Waals surface area contributed by atoms with Crippen LogP contribution in [-0.4, -0.2) is 4.57 Å². The summed E-state index contributed by atoms with van der Waals surface area (Å²) in [6.45, 7) is 10.9. The number of rotatable bonds is 7. The molecule has 0 aliphatic heterocycles. The van der Waals surface area contributed by atoms with Crippen molar-refractivity contribution in [2.75, 3.05) is 4.90 Å². The molecule has 0 spiro atoms. The minimum Gasteiger partial charge on any atom is -0.314 e. The summed E-state index contributed by atoms with van der Waals surface area (Å²) in [5.74, 6) is 0. The SMILES string of the molecule is C=CC=Cc1c(C)n(-c2ccccc2)c2ccc(-c3ccc(N(C4=CC=CCC4)c4cccc5c4C(C)(C)c4ccccc4-5)cc3)cc12. The zero-order chi connectivity index (χ0) is 32.8. The highest BCUT2D eigenvalue weighted by Crippen LogP contribution is 2.53. The van der Waals surface area contributed by atoms with Gasteiger partial charge in [-0.2, -0.15) is 0 Å². The van der Waals surface area contributed by atoms with Crippen LogP contribution in [0.25, 0.3) is 44.9 Å². The average molecular weight is 621 g/mol. The van der Waals surface area contributed by atoms with Gasteiger partial charge in [0.05, 0.1) is 11.2 Å². The molecule has 6 aromatic rings. The van der Waals surface area contributed by atoms with Crippen LogP contribution in [0.3, 0.4) is 0 Å². The van der Waals surface area contributed by atoms with Gasteiger partial charge in [-0.15, -0.1) is 0 Å². The topological polar surface area (TPSA) is 8.17 Å². The number of anilines is 2. The van der Waals surface area contributed by atoms with E-state index in [0.29, 0.717) is 0 Å². The Morgan fingerprint density at radius 3 is 2.31 bits per heavy atom. The number of hydrogen-bond acceptors (Lipinski definition) is 1. The molecule has 0 bridgehead atoms. The highest BCUT2D eigenvalue weighted by Gasteiger charge is 2.38. The maximum absolute atomic E-state index is 3.93. The van der Waals surface area contributed by atoms with Crippen molar-refractivity contribution in [3.8, 4) is 27.9 Å². The number of fused-ring (bicyclic) bond motifs is 4. The third kappa shape index (κ3) is 4.79. The monoisotopic (exact) mass is 620 g/mol. The first-order valence-corrected chi connectivity index (χ1v) is 17.0. The largest absolute Gasteiger partial charge is 0.314 e. The number of nitrogens with zero attached hydrogens (tertiary/aromatic N) is 2. The van der Waals surface area contributed by atoms with Gasteiger partial charge in [0.25, 0.3) is 0 Å². The Morgan fingerprint density at radius 1 is 0.792 bits per heavy atom. The van der Waals surface area contributed by atoms with Gasteiger partial charge in [-0.25, -0.2) is 0 Å². The van der Waals surface area contributed by atoms with E-state index in [0.717, 1.165) is 12.8 Å². The zero-order valence-electron chi connectivity index (χ0n) is 27.9. The third-order valence-corrected chi connectivity index (χ3v) is 10.2. The molecule has 0 N–H and O–H groups in total. The summed E-state index contributed by atoms with van der Waals surface area (Å²) in [6, 6.07) is 42.4. The van der Waals surface area contributed by atoms with Crippen molar-refractivity contribution >= 4 is 28.4 Å². The Kier molecular flexibility index (Phi) is 7.37. The van der Waals surface area contributed by atoms with E-state index in [1.54, 1.807) is 0 Å². The molecular formula is C46H40N2. The molecule has 0 atom stereocenters. The number of allylic oxidation sites excluding steroid dienone is 6. The van der Waals surface area contributed by atoms with Crippen LogP contribution < -0.4 is 4.90 Å². The summed E-state index contributed by atoms with van der Waals surface area (Å²) < 4.78 is 2.35. The standard InChI is InChI=1S/C46H40N2/c1-5-6-20-38-32(2)47(35-16-9-7-10-17-35)43-30-27-34(31-41(38)43)33-25-28-37(29-26-33)48(36-18-11-8-12-19-36)44-24-15-22-40-39-21-13-14-23-42(39)46(3,4)45(40)44/h5-11,13-18,20-31H,1,12,19H2,2-4H3. The van der Waals surface area contributed by atoms with Gasteiger partial charge in [-0.3, -0.25) is 0 Å². The van der Waals surface area contributed by atoms with Gasteiger partial charge in [0.1, 0.15) is 0 Å². The fourth-order valence-electron chi connectivity index (χ4n) is 7.95. The molecule has 8 rings (SSSR count). The van der Waals surface area contributed by atoms with Crippen LogP contribution in [-0.2, 0) is 5.41 Å². The van der Waals surface area contributed by atoms with Crippen molar-refractivity contribution in [1.29, 1.82) is 0 Å². The second-order valence-corrected chi connectivity index (χ2v) is 13.4. The third-order valence-electron chi connectivity index (χ3n) is 10.2. The quantitative estimate of drug-likeness (QED) is 0.161. The van der Waals surface area contributed by atoms with E-state index >= 15 is 0 Å². The van der Waals surface area contributed by atoms with Gasteiger partial charge in [-0.1, -0.05) is 124 Å². The molecule has 0 unspecified atom stereocenters. The van der Waals surface area contributed by atoms with Gasteiger partial charge < -0.3 is 9.47 Å². The molecule has 1 heterocycles. The number of para-hydroxylation sites is 1. The summed E-state index contributed by atoms with van der Waals surface area (Å²) in [5.41, 5.74) is 16.4. The Balaban J connectivity index is 1.23. The molecule has 5 aromatic carbocycles. The van der Waals surface area contributed by atoms with E-state index in [4.69, 9.17) is 0 Å². The van der Waals surface area contributed by atoms with Crippen molar-refractivity contribution in [3.63, 3.8) is 0 Å². The molecule has 2 nitrogen and oxygen atoms in total. The molecule has 0 fully saturated rings. The minimum atomic E-state index is -0.104. The van der Waals surface area contributed by atoms with Gasteiger partial charge in [0, 0.05) is 39.1 Å². The summed E-state index contributed by atoms with van der Waals surface area (Å²) in [5, 5.41) is 1.23. The zero-order valence-corrected chi connectivity index (χ0v) is 27.9. The van der Waals surface area contributed by atoms with Crippen LogP contribution >= 0.6 is 0 Å². The normalized spacial score (nSPS) is 14.6. The summed E-state index contributed by atoms with van der Waals surface area (Å²) >= 11 is 0. The van der Waals surface area contributed by atoms with Crippen LogP contribution in [0.4, 0.5) is 11.4 Å². The second-order valence-electron chi connectivity index (χ2n) is 13.4. The number of benzene rings is 5. The lowest BCUT2D eigenvalue weighted by atomic mass is 9.81. The average Bonchev–Trinajstić information content (AvgIpc) is 3.54. The minimum absolute atomic E-state index is 0.104. The van der Waals surface area contributed by atoms with Crippen LogP contribution in [0, 0.1) is 6.92 Å². The van der Waals surface area contributed by atoms with E-state index in [-0.39, 0.29) is 5.41 Å². The van der Waals surface area contributed by atoms with Crippen LogP contribution in [0.15, 0.2) is 158 Å². The molecule has 0 saturated carbocycles. The molecular weight excluding hydrogens is 581 g/mol. The van der Waals surface area contributed by atoms with Gasteiger partial charge in [0.2, 0.25) is 0 Å². The number of hydrogen-bond donors (Lipinski definition) is 0. The fourth-order valence-corrected chi connectivity index (χ4v) is 7.95. The molecule has 2 heteroatoms. The molecule has 48 heavy (non-hydrogen) atoms. The highest BCUT2D eigenvalue weighted by atomic mass is 15.2. The first kappa shape index (κ1) is 29.8.